The van der Waals surface area contributed by atoms with Crippen LogP contribution in [0.4, 0.5) is 5.69 Å². The van der Waals surface area contributed by atoms with Crippen LogP contribution in [0.15, 0.2) is 54.7 Å². The summed E-state index contributed by atoms with van der Waals surface area (Å²) in [5.41, 5.74) is 8.28. The molecule has 122 valence electrons. The van der Waals surface area contributed by atoms with Crippen LogP contribution < -0.4 is 11.1 Å². The number of amides is 1. The number of carboxylic acids is 1. The van der Waals surface area contributed by atoms with Gasteiger partial charge in [0.05, 0.1) is 0 Å². The highest BCUT2D eigenvalue weighted by Crippen LogP contribution is 2.19. The van der Waals surface area contributed by atoms with Crippen LogP contribution in [-0.4, -0.2) is 28.0 Å². The van der Waals surface area contributed by atoms with Gasteiger partial charge in [0.1, 0.15) is 6.04 Å². The average Bonchev–Trinajstić information content (AvgIpc) is 2.98. The van der Waals surface area contributed by atoms with Crippen LogP contribution >= 0.6 is 0 Å². The summed E-state index contributed by atoms with van der Waals surface area (Å²) in [5.74, 6) is -1.52. The number of carboxylic acid groups (broad SMARTS) is 1. The third-order valence-electron chi connectivity index (χ3n) is 3.88. The second-order valence-electron chi connectivity index (χ2n) is 5.55. The number of aromatic amines is 1. The largest absolute Gasteiger partial charge is 0.480 e. The van der Waals surface area contributed by atoms with Gasteiger partial charge in [0.15, 0.2) is 0 Å². The van der Waals surface area contributed by atoms with E-state index in [1.165, 1.54) is 0 Å². The number of nitrogen functional groups attached to an aromatic ring is 1. The van der Waals surface area contributed by atoms with Crippen LogP contribution in [0.25, 0.3) is 10.9 Å². The first-order chi connectivity index (χ1) is 11.5. The molecule has 3 rings (SSSR count). The molecule has 0 saturated heterocycles. The minimum absolute atomic E-state index is 0.195. The van der Waals surface area contributed by atoms with E-state index < -0.39 is 17.9 Å². The van der Waals surface area contributed by atoms with E-state index in [-0.39, 0.29) is 6.42 Å². The topological polar surface area (TPSA) is 108 Å². The Morgan fingerprint density at radius 2 is 1.83 bits per heavy atom. The molecule has 1 aromatic heterocycles. The number of H-pyrrole nitrogens is 1. The normalized spacial score (nSPS) is 12.0. The van der Waals surface area contributed by atoms with E-state index in [9.17, 15) is 14.7 Å². The van der Waals surface area contributed by atoms with Crippen molar-refractivity contribution in [2.45, 2.75) is 12.5 Å². The van der Waals surface area contributed by atoms with E-state index in [0.29, 0.717) is 11.3 Å². The number of para-hydroxylation sites is 1. The Morgan fingerprint density at radius 1 is 1.12 bits per heavy atom. The number of aromatic nitrogens is 1. The van der Waals surface area contributed by atoms with E-state index in [1.54, 1.807) is 30.5 Å². The van der Waals surface area contributed by atoms with Gasteiger partial charge in [0, 0.05) is 34.8 Å². The Kier molecular flexibility index (Phi) is 4.20. The van der Waals surface area contributed by atoms with Crippen molar-refractivity contribution >= 4 is 28.5 Å². The Balaban J connectivity index is 1.79. The van der Waals surface area contributed by atoms with Crippen LogP contribution in [0.2, 0.25) is 0 Å². The number of hydrogen-bond acceptors (Lipinski definition) is 3. The molecular formula is C18H17N3O3. The van der Waals surface area contributed by atoms with Gasteiger partial charge in [-0.1, -0.05) is 18.2 Å². The van der Waals surface area contributed by atoms with Crippen LogP contribution in [0.1, 0.15) is 15.9 Å². The molecule has 0 radical (unpaired) electrons. The number of anilines is 1. The molecule has 0 saturated carbocycles. The number of fused-ring (bicyclic) bond motifs is 1. The molecule has 6 nitrogen and oxygen atoms in total. The fraction of sp³-hybridized carbons (Fsp3) is 0.111. The number of hydrogen-bond donors (Lipinski definition) is 4. The Labute approximate surface area is 138 Å². The van der Waals surface area contributed by atoms with Gasteiger partial charge in [-0.05, 0) is 35.9 Å². The highest BCUT2D eigenvalue weighted by molar-refractivity contribution is 5.97. The second kappa shape index (κ2) is 6.45. The maximum atomic E-state index is 12.2. The molecule has 24 heavy (non-hydrogen) atoms. The lowest BCUT2D eigenvalue weighted by molar-refractivity contribution is -0.139. The molecule has 5 N–H and O–H groups in total. The summed E-state index contributed by atoms with van der Waals surface area (Å²) in [6, 6.07) is 12.9. The van der Waals surface area contributed by atoms with Gasteiger partial charge in [-0.2, -0.15) is 0 Å². The Hall–Kier alpha value is -3.28. The van der Waals surface area contributed by atoms with E-state index >= 15 is 0 Å². The third kappa shape index (κ3) is 3.22. The molecule has 1 heterocycles. The summed E-state index contributed by atoms with van der Waals surface area (Å²) in [6.07, 6.45) is 1.97. The standard InChI is InChI=1S/C18H17N3O3/c19-13-7-5-11(6-8-13)17(22)21-16(18(23)24)9-12-10-20-15-4-2-1-3-14(12)15/h1-8,10,16,20H,9,19H2,(H,21,22)(H,23,24). The van der Waals surface area contributed by atoms with Gasteiger partial charge in [0.2, 0.25) is 0 Å². The molecular weight excluding hydrogens is 306 g/mol. The average molecular weight is 323 g/mol. The molecule has 1 amide bonds. The number of rotatable bonds is 5. The van der Waals surface area contributed by atoms with E-state index in [0.717, 1.165) is 16.5 Å². The molecule has 0 spiro atoms. The van der Waals surface area contributed by atoms with Crippen molar-refractivity contribution in [2.24, 2.45) is 0 Å². The monoisotopic (exact) mass is 323 g/mol. The third-order valence-corrected chi connectivity index (χ3v) is 3.88. The van der Waals surface area contributed by atoms with Crippen LogP contribution in [-0.2, 0) is 11.2 Å². The smallest absolute Gasteiger partial charge is 0.326 e. The molecule has 0 aliphatic heterocycles. The van der Waals surface area contributed by atoms with Crippen LogP contribution in [0.3, 0.4) is 0 Å². The summed E-state index contributed by atoms with van der Waals surface area (Å²) in [6.45, 7) is 0. The highest BCUT2D eigenvalue weighted by atomic mass is 16.4. The van der Waals surface area contributed by atoms with Crippen molar-refractivity contribution < 1.29 is 14.7 Å². The van der Waals surface area contributed by atoms with Crippen molar-refractivity contribution in [3.8, 4) is 0 Å². The van der Waals surface area contributed by atoms with Crippen molar-refractivity contribution in [3.63, 3.8) is 0 Å². The maximum absolute atomic E-state index is 12.2. The number of aliphatic carboxylic acids is 1. The number of carbonyl (C=O) groups excluding carboxylic acids is 1. The quantitative estimate of drug-likeness (QED) is 0.540. The molecule has 3 aromatic rings. The first-order valence-corrected chi connectivity index (χ1v) is 7.49. The van der Waals surface area contributed by atoms with Gasteiger partial charge in [-0.3, -0.25) is 4.79 Å². The fourth-order valence-corrected chi connectivity index (χ4v) is 2.60. The van der Waals surface area contributed by atoms with E-state index in [1.807, 2.05) is 24.3 Å². The first-order valence-electron chi connectivity index (χ1n) is 7.49. The van der Waals surface area contributed by atoms with Crippen molar-refractivity contribution in [1.29, 1.82) is 0 Å². The Morgan fingerprint density at radius 3 is 2.54 bits per heavy atom. The van der Waals surface area contributed by atoms with E-state index in [2.05, 4.69) is 10.3 Å². The highest BCUT2D eigenvalue weighted by Gasteiger charge is 2.22. The summed E-state index contributed by atoms with van der Waals surface area (Å²) in [7, 11) is 0. The lowest BCUT2D eigenvalue weighted by atomic mass is 10.0. The predicted molar refractivity (Wildman–Crippen MR) is 91.7 cm³/mol. The molecule has 1 atom stereocenters. The SMILES string of the molecule is Nc1ccc(C(=O)NC(Cc2c[nH]c3ccccc23)C(=O)O)cc1. The minimum Gasteiger partial charge on any atom is -0.480 e. The summed E-state index contributed by atoms with van der Waals surface area (Å²) < 4.78 is 0. The van der Waals surface area contributed by atoms with Crippen LogP contribution in [0, 0.1) is 0 Å². The van der Waals surface area contributed by atoms with Gasteiger partial charge >= 0.3 is 5.97 Å². The van der Waals surface area contributed by atoms with Crippen molar-refractivity contribution in [2.75, 3.05) is 5.73 Å². The molecule has 2 aromatic carbocycles. The predicted octanol–water partition coefficient (Wildman–Crippen LogP) is 2.18. The van der Waals surface area contributed by atoms with Gasteiger partial charge in [0.25, 0.3) is 5.91 Å². The maximum Gasteiger partial charge on any atom is 0.326 e. The Bertz CT molecular complexity index is 884. The fourth-order valence-electron chi connectivity index (χ4n) is 2.60. The molecule has 1 unspecified atom stereocenters. The number of nitrogens with one attached hydrogen (secondary N) is 2. The molecule has 0 fully saturated rings. The summed E-state index contributed by atoms with van der Waals surface area (Å²) >= 11 is 0. The van der Waals surface area contributed by atoms with Crippen molar-refractivity contribution in [3.05, 3.63) is 65.9 Å². The summed E-state index contributed by atoms with van der Waals surface area (Å²) in [4.78, 5) is 26.9. The lowest BCUT2D eigenvalue weighted by Crippen LogP contribution is -2.42. The van der Waals surface area contributed by atoms with E-state index in [4.69, 9.17) is 5.73 Å². The van der Waals surface area contributed by atoms with Gasteiger partial charge < -0.3 is 21.1 Å². The van der Waals surface area contributed by atoms with Gasteiger partial charge in [-0.15, -0.1) is 0 Å². The second-order valence-corrected chi connectivity index (χ2v) is 5.55. The lowest BCUT2D eigenvalue weighted by Gasteiger charge is -2.14. The molecule has 0 aliphatic carbocycles. The molecule has 0 aliphatic rings. The molecule has 6 heteroatoms. The number of nitrogens with two attached hydrogens (primary N) is 1. The zero-order chi connectivity index (χ0) is 17.1. The number of carbonyl (C=O) groups is 2. The van der Waals surface area contributed by atoms with Crippen molar-refractivity contribution in [1.82, 2.24) is 10.3 Å². The molecule has 0 bridgehead atoms. The zero-order valence-electron chi connectivity index (χ0n) is 12.8. The minimum atomic E-state index is -1.08. The zero-order valence-corrected chi connectivity index (χ0v) is 12.8. The summed E-state index contributed by atoms with van der Waals surface area (Å²) in [5, 5.41) is 13.0. The van der Waals surface area contributed by atoms with Gasteiger partial charge in [-0.25, -0.2) is 4.79 Å². The number of benzene rings is 2. The first kappa shape index (κ1) is 15.6. The van der Waals surface area contributed by atoms with Crippen LogP contribution in [0.5, 0.6) is 0 Å².